The Hall–Kier alpha value is -4.31. The zero-order valence-corrected chi connectivity index (χ0v) is 25.5. The summed E-state index contributed by atoms with van der Waals surface area (Å²) in [4.78, 5) is 6.52. The molecule has 2 aliphatic rings. The number of pyridine rings is 2. The van der Waals surface area contributed by atoms with Crippen LogP contribution >= 0.6 is 11.6 Å². The van der Waals surface area contributed by atoms with E-state index in [4.69, 9.17) is 16.6 Å². The van der Waals surface area contributed by atoms with Crippen LogP contribution in [0.2, 0.25) is 5.02 Å². The minimum absolute atomic E-state index is 0.137. The molecule has 7 rings (SSSR count). The van der Waals surface area contributed by atoms with Gasteiger partial charge in [0.15, 0.2) is 0 Å². The average molecular weight is 631 g/mol. The lowest BCUT2D eigenvalue weighted by molar-refractivity contribution is 0.399. The third kappa shape index (κ3) is 4.91. The first-order valence-electron chi connectivity index (χ1n) is 14.1. The minimum atomic E-state index is -4.14. The number of fused-ring (bicyclic) bond motifs is 2. The van der Waals surface area contributed by atoms with E-state index in [0.717, 1.165) is 47.2 Å². The molecule has 1 saturated heterocycles. The normalized spacial score (nSPS) is 21.6. The van der Waals surface area contributed by atoms with Gasteiger partial charge in [0.2, 0.25) is 10.0 Å². The first-order chi connectivity index (χ1) is 21.0. The predicted octanol–water partition coefficient (Wildman–Crippen LogP) is 5.04. The Morgan fingerprint density at radius 3 is 2.45 bits per heavy atom. The van der Waals surface area contributed by atoms with E-state index in [9.17, 15) is 18.1 Å². The van der Waals surface area contributed by atoms with Gasteiger partial charge in [0, 0.05) is 66.5 Å². The fourth-order valence-electron chi connectivity index (χ4n) is 6.91. The lowest BCUT2D eigenvalue weighted by atomic mass is 10.00. The summed E-state index contributed by atoms with van der Waals surface area (Å²) in [5.41, 5.74) is 4.03. The molecule has 1 saturated carbocycles. The molecule has 0 spiro atoms. The molecule has 4 aromatic heterocycles. The number of anilines is 1. The van der Waals surface area contributed by atoms with Crippen molar-refractivity contribution >= 4 is 33.0 Å². The molecule has 1 N–H and O–H groups in total. The Morgan fingerprint density at radius 2 is 1.82 bits per heavy atom. The molecule has 1 unspecified atom stereocenters. The zero-order chi connectivity index (χ0) is 30.8. The number of nitrogens with one attached hydrogen (secondary N) is 1. The highest BCUT2D eigenvalue weighted by Gasteiger charge is 2.49. The van der Waals surface area contributed by atoms with E-state index in [1.54, 1.807) is 21.6 Å². The van der Waals surface area contributed by atoms with Crippen LogP contribution in [0, 0.1) is 29.0 Å². The number of benzene rings is 1. The van der Waals surface area contributed by atoms with Gasteiger partial charge in [0.05, 0.1) is 28.5 Å². The van der Waals surface area contributed by atoms with Crippen LogP contribution in [0.3, 0.4) is 0 Å². The van der Waals surface area contributed by atoms with E-state index in [0.29, 0.717) is 23.9 Å². The number of halogens is 2. The summed E-state index contributed by atoms with van der Waals surface area (Å²) in [7, 11) is -2.28. The summed E-state index contributed by atoms with van der Waals surface area (Å²) >= 11 is 6.06. The third-order valence-electron chi connectivity index (χ3n) is 8.72. The zero-order valence-electron chi connectivity index (χ0n) is 23.9. The number of nitriles is 1. The molecule has 5 heterocycles. The number of aromatic nitrogens is 5. The van der Waals surface area contributed by atoms with Crippen LogP contribution in [0.25, 0.3) is 27.8 Å². The Bertz CT molecular complexity index is 2030. The molecule has 0 radical (unpaired) electrons. The highest BCUT2D eigenvalue weighted by atomic mass is 35.5. The van der Waals surface area contributed by atoms with Crippen LogP contribution < -0.4 is 9.62 Å². The summed E-state index contributed by atoms with van der Waals surface area (Å²) in [6.45, 7) is 3.34. The maximum Gasteiger partial charge on any atom is 0.245 e. The van der Waals surface area contributed by atoms with Gasteiger partial charge in [-0.2, -0.15) is 15.5 Å². The summed E-state index contributed by atoms with van der Waals surface area (Å²) in [5, 5.41) is 18.3. The molecule has 44 heavy (non-hydrogen) atoms. The van der Waals surface area contributed by atoms with Crippen LogP contribution in [0.5, 0.6) is 0 Å². The lowest BCUT2D eigenvalue weighted by Gasteiger charge is -2.28. The predicted molar refractivity (Wildman–Crippen MR) is 164 cm³/mol. The van der Waals surface area contributed by atoms with Crippen molar-refractivity contribution in [1.29, 1.82) is 5.26 Å². The maximum atomic E-state index is 14.4. The number of sulfonamides is 1. The molecule has 2 fully saturated rings. The number of nitrogens with zero attached hydrogens (tertiary/aromatic N) is 7. The smallest absolute Gasteiger partial charge is 0.245 e. The first-order valence-corrected chi connectivity index (χ1v) is 16.0. The van der Waals surface area contributed by atoms with Gasteiger partial charge in [0.1, 0.15) is 22.6 Å². The average Bonchev–Trinajstić information content (AvgIpc) is 3.74. The molecule has 224 valence electrons. The van der Waals surface area contributed by atoms with E-state index in [1.807, 2.05) is 50.8 Å². The van der Waals surface area contributed by atoms with E-state index in [-0.39, 0.29) is 16.9 Å². The molecule has 1 aliphatic carbocycles. The van der Waals surface area contributed by atoms with Gasteiger partial charge in [-0.3, -0.25) is 4.68 Å². The number of aryl methyl sites for hydroxylation is 1. The van der Waals surface area contributed by atoms with E-state index < -0.39 is 26.3 Å². The van der Waals surface area contributed by atoms with E-state index in [2.05, 4.69) is 25.9 Å². The second-order valence-corrected chi connectivity index (χ2v) is 14.0. The van der Waals surface area contributed by atoms with E-state index >= 15 is 0 Å². The van der Waals surface area contributed by atoms with Crippen LogP contribution in [-0.4, -0.2) is 51.4 Å². The van der Waals surface area contributed by atoms with Crippen LogP contribution in [-0.2, 0) is 17.1 Å². The molecule has 1 aliphatic heterocycles. The van der Waals surface area contributed by atoms with Crippen molar-refractivity contribution in [2.24, 2.45) is 18.9 Å². The quantitative estimate of drug-likeness (QED) is 0.279. The molecule has 0 bridgehead atoms. The van der Waals surface area contributed by atoms with Crippen molar-refractivity contribution in [1.82, 2.24) is 29.1 Å². The van der Waals surface area contributed by atoms with Gasteiger partial charge in [-0.15, -0.1) is 0 Å². The van der Waals surface area contributed by atoms with Crippen molar-refractivity contribution in [3.05, 3.63) is 83.8 Å². The molecule has 0 amide bonds. The molecule has 10 nitrogen and oxygen atoms in total. The highest BCUT2D eigenvalue weighted by Crippen LogP contribution is 2.45. The topological polar surface area (TPSA) is 121 Å². The fourth-order valence-corrected chi connectivity index (χ4v) is 8.95. The van der Waals surface area contributed by atoms with Crippen molar-refractivity contribution in [3.63, 3.8) is 0 Å². The molecule has 3 atom stereocenters. The Morgan fingerprint density at radius 1 is 1.05 bits per heavy atom. The van der Waals surface area contributed by atoms with Crippen molar-refractivity contribution in [3.8, 4) is 28.3 Å². The van der Waals surface area contributed by atoms with Gasteiger partial charge in [0.25, 0.3) is 0 Å². The molecule has 13 heteroatoms. The molecular weight excluding hydrogens is 603 g/mol. The van der Waals surface area contributed by atoms with Gasteiger partial charge in [-0.25, -0.2) is 27.0 Å². The van der Waals surface area contributed by atoms with Gasteiger partial charge >= 0.3 is 0 Å². The standard InChI is InChI=1S/C31H28ClFN8O2S/c1-31(38-44(42,43)30-26(32)4-3-5-27(30)33)9-21-16-40(17-22(21)10-31)28-7-6-19(12-35-28)25-8-20(24-14-36-39(2)15-24)18-41-29(25)23(11-34)13-37-41/h3-8,12-15,18,21-22,38H,9-10,16-17H2,1-2H3/t21-,22+,31?. The number of hydrogen-bond acceptors (Lipinski definition) is 7. The van der Waals surface area contributed by atoms with E-state index in [1.165, 1.54) is 12.1 Å². The molecule has 5 aromatic rings. The van der Waals surface area contributed by atoms with Gasteiger partial charge < -0.3 is 4.90 Å². The summed E-state index contributed by atoms with van der Waals surface area (Å²) < 4.78 is 46.8. The number of hydrogen-bond donors (Lipinski definition) is 1. The minimum Gasteiger partial charge on any atom is -0.356 e. The summed E-state index contributed by atoms with van der Waals surface area (Å²) in [6.07, 6.45) is 10.2. The first kappa shape index (κ1) is 28.5. The van der Waals surface area contributed by atoms with Crippen molar-refractivity contribution < 1.29 is 12.8 Å². The van der Waals surface area contributed by atoms with Gasteiger partial charge in [-0.05, 0) is 61.9 Å². The highest BCUT2D eigenvalue weighted by molar-refractivity contribution is 7.89. The Labute approximate surface area is 258 Å². The Kier molecular flexibility index (Phi) is 6.73. The van der Waals surface area contributed by atoms with Crippen molar-refractivity contribution in [2.75, 3.05) is 18.0 Å². The van der Waals surface area contributed by atoms with Crippen molar-refractivity contribution in [2.45, 2.75) is 30.2 Å². The second-order valence-electron chi connectivity index (χ2n) is 12.0. The monoisotopic (exact) mass is 630 g/mol. The summed E-state index contributed by atoms with van der Waals surface area (Å²) in [6, 6.07) is 12.1. The molecule has 1 aromatic carbocycles. The second kappa shape index (κ2) is 10.4. The summed E-state index contributed by atoms with van der Waals surface area (Å²) in [5.74, 6) is 0.466. The number of rotatable bonds is 6. The van der Waals surface area contributed by atoms with Crippen LogP contribution in [0.15, 0.2) is 72.3 Å². The van der Waals surface area contributed by atoms with Crippen LogP contribution in [0.1, 0.15) is 25.3 Å². The van der Waals surface area contributed by atoms with Gasteiger partial charge in [-0.1, -0.05) is 17.7 Å². The largest absolute Gasteiger partial charge is 0.356 e. The third-order valence-corrected chi connectivity index (χ3v) is 10.9. The molecular formula is C31H28ClFN8O2S. The lowest BCUT2D eigenvalue weighted by Crippen LogP contribution is -2.45. The maximum absolute atomic E-state index is 14.4. The Balaban J connectivity index is 1.10. The fraction of sp³-hybridized carbons (Fsp3) is 0.290. The SMILES string of the molecule is Cn1cc(-c2cc(-c3ccc(N4C[C@@H]5CC(C)(NS(=O)(=O)c6c(F)cccc6Cl)C[C@@H]5C4)nc3)c3c(C#N)cnn3c2)cn1. The van der Waals surface area contributed by atoms with Crippen LogP contribution in [0.4, 0.5) is 10.2 Å².